The summed E-state index contributed by atoms with van der Waals surface area (Å²) in [7, 11) is 0. The lowest BCUT2D eigenvalue weighted by atomic mass is 10.1. The van der Waals surface area contributed by atoms with Crippen molar-refractivity contribution in [2.45, 2.75) is 32.7 Å². The smallest absolute Gasteiger partial charge is 0.303 e. The van der Waals surface area contributed by atoms with E-state index in [1.807, 2.05) is 12.1 Å². The van der Waals surface area contributed by atoms with Crippen molar-refractivity contribution < 1.29 is 14.6 Å². The summed E-state index contributed by atoms with van der Waals surface area (Å²) in [5.74, 6) is 0.532. The topological polar surface area (TPSA) is 49.8 Å². The summed E-state index contributed by atoms with van der Waals surface area (Å²) in [6, 6.07) is 8.19. The van der Waals surface area contributed by atoms with Gasteiger partial charge in [-0.3, -0.25) is 9.69 Å². The Balaban J connectivity index is 1.86. The number of benzene rings is 1. The van der Waals surface area contributed by atoms with E-state index in [1.54, 1.807) is 0 Å². The lowest BCUT2D eigenvalue weighted by Crippen LogP contribution is -2.20. The van der Waals surface area contributed by atoms with Gasteiger partial charge >= 0.3 is 5.97 Å². The van der Waals surface area contributed by atoms with Crippen LogP contribution in [0.15, 0.2) is 24.3 Å². The lowest BCUT2D eigenvalue weighted by Gasteiger charge is -2.16. The third-order valence-electron chi connectivity index (χ3n) is 3.61. The molecular formula is C16H23NO3. The molecule has 1 N–H and O–H groups in total. The van der Waals surface area contributed by atoms with Crippen molar-refractivity contribution in [3.05, 3.63) is 29.8 Å². The summed E-state index contributed by atoms with van der Waals surface area (Å²) in [6.45, 7) is 5.58. The normalized spacial score (nSPS) is 19.1. The highest BCUT2D eigenvalue weighted by Crippen LogP contribution is 2.22. The van der Waals surface area contributed by atoms with Gasteiger partial charge in [-0.15, -0.1) is 0 Å². The Morgan fingerprint density at radius 3 is 3.10 bits per heavy atom. The Bertz CT molecular complexity index is 447. The Kier molecular flexibility index (Phi) is 5.41. The predicted octanol–water partition coefficient (Wildman–Crippen LogP) is 2.77. The molecule has 1 aromatic rings. The number of carboxylic acids is 1. The van der Waals surface area contributed by atoms with E-state index in [9.17, 15) is 4.79 Å². The van der Waals surface area contributed by atoms with E-state index in [4.69, 9.17) is 9.84 Å². The molecule has 1 saturated heterocycles. The van der Waals surface area contributed by atoms with Crippen LogP contribution in [-0.2, 0) is 11.3 Å². The Morgan fingerprint density at radius 1 is 1.50 bits per heavy atom. The monoisotopic (exact) mass is 277 g/mol. The summed E-state index contributed by atoms with van der Waals surface area (Å²) in [5, 5.41) is 8.83. The average molecular weight is 277 g/mol. The van der Waals surface area contributed by atoms with Crippen molar-refractivity contribution >= 4 is 5.97 Å². The van der Waals surface area contributed by atoms with Crippen molar-refractivity contribution in [1.82, 2.24) is 4.90 Å². The number of hydrogen-bond acceptors (Lipinski definition) is 3. The number of carbonyl (C=O) groups is 1. The molecule has 2 rings (SSSR count). The van der Waals surface area contributed by atoms with Crippen LogP contribution in [0.5, 0.6) is 5.75 Å². The summed E-state index contributed by atoms with van der Waals surface area (Å²) in [5.41, 5.74) is 1.23. The number of ether oxygens (including phenoxy) is 1. The maximum atomic E-state index is 10.7. The Labute approximate surface area is 120 Å². The fraction of sp³-hybridized carbons (Fsp3) is 0.562. The molecule has 1 aliphatic heterocycles. The number of nitrogens with zero attached hydrogens (tertiary/aromatic N) is 1. The highest BCUT2D eigenvalue weighted by molar-refractivity contribution is 5.67. The minimum absolute atomic E-state index is 0.288. The van der Waals surface area contributed by atoms with Crippen LogP contribution < -0.4 is 4.74 Å². The predicted molar refractivity (Wildman–Crippen MR) is 77.9 cm³/mol. The van der Waals surface area contributed by atoms with E-state index in [1.165, 1.54) is 5.56 Å². The van der Waals surface area contributed by atoms with Gasteiger partial charge in [0.25, 0.3) is 0 Å². The molecular weight excluding hydrogens is 254 g/mol. The first kappa shape index (κ1) is 14.9. The molecule has 0 saturated carbocycles. The number of carboxylic acid groups (broad SMARTS) is 1. The molecule has 4 nitrogen and oxygen atoms in total. The molecule has 110 valence electrons. The van der Waals surface area contributed by atoms with Gasteiger partial charge in [-0.05, 0) is 43.0 Å². The van der Waals surface area contributed by atoms with Crippen LogP contribution in [0.3, 0.4) is 0 Å². The van der Waals surface area contributed by atoms with E-state index < -0.39 is 5.97 Å². The first-order chi connectivity index (χ1) is 9.67. The number of hydrogen-bond donors (Lipinski definition) is 1. The van der Waals surface area contributed by atoms with Crippen molar-refractivity contribution in [3.63, 3.8) is 0 Å². The molecule has 0 radical (unpaired) electrons. The molecule has 1 aliphatic rings. The third-order valence-corrected chi connectivity index (χ3v) is 3.61. The van der Waals surface area contributed by atoms with E-state index in [2.05, 4.69) is 24.0 Å². The van der Waals surface area contributed by atoms with Crippen LogP contribution in [0.2, 0.25) is 0 Å². The second-order valence-electron chi connectivity index (χ2n) is 5.48. The van der Waals surface area contributed by atoms with Crippen LogP contribution in [0.1, 0.15) is 31.7 Å². The number of rotatable bonds is 7. The van der Waals surface area contributed by atoms with E-state index in [0.717, 1.165) is 44.8 Å². The molecule has 0 spiro atoms. The molecule has 1 unspecified atom stereocenters. The highest BCUT2D eigenvalue weighted by atomic mass is 16.5. The van der Waals surface area contributed by atoms with Crippen molar-refractivity contribution in [3.8, 4) is 5.75 Å². The largest absolute Gasteiger partial charge is 0.494 e. The minimum Gasteiger partial charge on any atom is -0.494 e. The summed E-state index contributed by atoms with van der Waals surface area (Å²) in [4.78, 5) is 13.1. The maximum absolute atomic E-state index is 10.7. The van der Waals surface area contributed by atoms with Gasteiger partial charge in [-0.25, -0.2) is 0 Å². The van der Waals surface area contributed by atoms with Gasteiger partial charge in [0.1, 0.15) is 5.75 Å². The standard InChI is InChI=1S/C16H23NO3/c1-2-8-20-15-5-3-4-13(9-15)11-17-7-6-14(12-17)10-16(18)19/h3-5,9,14H,2,6-8,10-12H2,1H3,(H,18,19). The lowest BCUT2D eigenvalue weighted by molar-refractivity contribution is -0.138. The molecule has 0 amide bonds. The summed E-state index contributed by atoms with van der Waals surface area (Å²) >= 11 is 0. The van der Waals surface area contributed by atoms with Gasteiger partial charge in [0, 0.05) is 19.5 Å². The molecule has 20 heavy (non-hydrogen) atoms. The highest BCUT2D eigenvalue weighted by Gasteiger charge is 2.24. The second-order valence-corrected chi connectivity index (χ2v) is 5.48. The SMILES string of the molecule is CCCOc1cccc(CN2CCC(CC(=O)O)C2)c1. The van der Waals surface area contributed by atoms with Crippen LogP contribution in [0.25, 0.3) is 0 Å². The van der Waals surface area contributed by atoms with Crippen LogP contribution >= 0.6 is 0 Å². The molecule has 1 atom stereocenters. The molecule has 0 bridgehead atoms. The zero-order chi connectivity index (χ0) is 14.4. The van der Waals surface area contributed by atoms with Crippen molar-refractivity contribution in [2.24, 2.45) is 5.92 Å². The van der Waals surface area contributed by atoms with Crippen molar-refractivity contribution in [1.29, 1.82) is 0 Å². The molecule has 1 aromatic carbocycles. The van der Waals surface area contributed by atoms with E-state index in [0.29, 0.717) is 5.92 Å². The van der Waals surface area contributed by atoms with Gasteiger partial charge in [0.15, 0.2) is 0 Å². The van der Waals surface area contributed by atoms with Crippen LogP contribution in [0, 0.1) is 5.92 Å². The number of aliphatic carboxylic acids is 1. The Morgan fingerprint density at radius 2 is 2.35 bits per heavy atom. The zero-order valence-electron chi connectivity index (χ0n) is 12.0. The van der Waals surface area contributed by atoms with Gasteiger partial charge in [-0.1, -0.05) is 19.1 Å². The fourth-order valence-electron chi connectivity index (χ4n) is 2.68. The first-order valence-electron chi connectivity index (χ1n) is 7.33. The van der Waals surface area contributed by atoms with E-state index >= 15 is 0 Å². The molecule has 1 heterocycles. The molecule has 0 aliphatic carbocycles. The van der Waals surface area contributed by atoms with Crippen LogP contribution in [-0.4, -0.2) is 35.7 Å². The molecule has 1 fully saturated rings. The minimum atomic E-state index is -0.688. The van der Waals surface area contributed by atoms with Gasteiger partial charge in [0.05, 0.1) is 6.61 Å². The van der Waals surface area contributed by atoms with Gasteiger partial charge in [-0.2, -0.15) is 0 Å². The third kappa shape index (κ3) is 4.53. The van der Waals surface area contributed by atoms with E-state index in [-0.39, 0.29) is 6.42 Å². The average Bonchev–Trinajstić information content (AvgIpc) is 2.83. The Hall–Kier alpha value is -1.55. The quantitative estimate of drug-likeness (QED) is 0.832. The van der Waals surface area contributed by atoms with Crippen LogP contribution in [0.4, 0.5) is 0 Å². The maximum Gasteiger partial charge on any atom is 0.303 e. The molecule has 4 heteroatoms. The summed E-state index contributed by atoms with van der Waals surface area (Å²) < 4.78 is 5.64. The zero-order valence-corrected chi connectivity index (χ0v) is 12.0. The summed E-state index contributed by atoms with van der Waals surface area (Å²) in [6.07, 6.45) is 2.28. The first-order valence-corrected chi connectivity index (χ1v) is 7.33. The molecule has 0 aromatic heterocycles. The van der Waals surface area contributed by atoms with Gasteiger partial charge in [0.2, 0.25) is 0 Å². The van der Waals surface area contributed by atoms with Gasteiger partial charge < -0.3 is 9.84 Å². The fourth-order valence-corrected chi connectivity index (χ4v) is 2.68. The van der Waals surface area contributed by atoms with Crippen molar-refractivity contribution in [2.75, 3.05) is 19.7 Å². The second kappa shape index (κ2) is 7.29. The number of likely N-dealkylation sites (tertiary alicyclic amines) is 1.